The highest BCUT2D eigenvalue weighted by molar-refractivity contribution is 4.85. The van der Waals surface area contributed by atoms with Gasteiger partial charge >= 0.3 is 0 Å². The summed E-state index contributed by atoms with van der Waals surface area (Å²) in [6.07, 6.45) is 6.48. The molecular formula is C8H12N2O. The Morgan fingerprint density at radius 2 is 2.36 bits per heavy atom. The molecule has 0 bridgehead atoms. The zero-order chi connectivity index (χ0) is 7.68. The molecule has 0 radical (unpaired) electrons. The fourth-order valence-corrected chi connectivity index (χ4v) is 1.67. The highest BCUT2D eigenvalue weighted by Crippen LogP contribution is 2.28. The molecule has 3 heteroatoms. The van der Waals surface area contributed by atoms with Crippen molar-refractivity contribution >= 4 is 0 Å². The number of aromatic nitrogens is 2. The lowest BCUT2D eigenvalue weighted by Gasteiger charge is -2.08. The van der Waals surface area contributed by atoms with Crippen molar-refractivity contribution in [1.82, 2.24) is 9.78 Å². The number of hydrogen-bond acceptors (Lipinski definition) is 2. The molecule has 1 fully saturated rings. The molecule has 2 atom stereocenters. The number of rotatable bonds is 1. The van der Waals surface area contributed by atoms with E-state index in [-0.39, 0.29) is 6.10 Å². The van der Waals surface area contributed by atoms with Crippen LogP contribution in [0.25, 0.3) is 0 Å². The van der Waals surface area contributed by atoms with Crippen molar-refractivity contribution < 1.29 is 5.11 Å². The molecule has 0 aromatic carbocycles. The van der Waals surface area contributed by atoms with Crippen LogP contribution in [0.1, 0.15) is 25.3 Å². The smallest absolute Gasteiger partial charge is 0.0561 e. The van der Waals surface area contributed by atoms with Crippen molar-refractivity contribution in [2.45, 2.75) is 31.4 Å². The van der Waals surface area contributed by atoms with Gasteiger partial charge in [0.05, 0.1) is 12.1 Å². The van der Waals surface area contributed by atoms with Crippen LogP contribution in [-0.2, 0) is 0 Å². The lowest BCUT2D eigenvalue weighted by Crippen LogP contribution is -2.07. The Labute approximate surface area is 65.7 Å². The molecule has 1 heterocycles. The average molecular weight is 152 g/mol. The molecule has 1 aromatic rings. The van der Waals surface area contributed by atoms with Gasteiger partial charge < -0.3 is 5.11 Å². The average Bonchev–Trinajstić information content (AvgIpc) is 2.55. The minimum absolute atomic E-state index is 0.107. The van der Waals surface area contributed by atoms with Gasteiger partial charge in [0.1, 0.15) is 0 Å². The van der Waals surface area contributed by atoms with Crippen molar-refractivity contribution in [3.8, 4) is 0 Å². The van der Waals surface area contributed by atoms with E-state index in [9.17, 15) is 5.11 Å². The fourth-order valence-electron chi connectivity index (χ4n) is 1.67. The summed E-state index contributed by atoms with van der Waals surface area (Å²) >= 11 is 0. The van der Waals surface area contributed by atoms with E-state index in [0.29, 0.717) is 6.04 Å². The maximum absolute atomic E-state index is 9.26. The van der Waals surface area contributed by atoms with E-state index < -0.39 is 0 Å². The zero-order valence-corrected chi connectivity index (χ0v) is 6.35. The monoisotopic (exact) mass is 152 g/mol. The number of aliphatic hydroxyl groups excluding tert-OH is 1. The lowest BCUT2D eigenvalue weighted by atomic mass is 10.2. The molecule has 0 spiro atoms. The van der Waals surface area contributed by atoms with Gasteiger partial charge in [-0.05, 0) is 25.3 Å². The Morgan fingerprint density at radius 3 is 2.91 bits per heavy atom. The summed E-state index contributed by atoms with van der Waals surface area (Å²) in [4.78, 5) is 0. The molecule has 2 rings (SSSR count). The first-order valence-electron chi connectivity index (χ1n) is 4.03. The molecular weight excluding hydrogens is 140 g/mol. The third kappa shape index (κ3) is 1.28. The summed E-state index contributed by atoms with van der Waals surface area (Å²) in [5, 5.41) is 13.4. The molecule has 11 heavy (non-hydrogen) atoms. The van der Waals surface area contributed by atoms with Gasteiger partial charge in [-0.3, -0.25) is 4.68 Å². The summed E-state index contributed by atoms with van der Waals surface area (Å²) in [7, 11) is 0. The quantitative estimate of drug-likeness (QED) is 0.651. The summed E-state index contributed by atoms with van der Waals surface area (Å²) < 4.78 is 1.94. The highest BCUT2D eigenvalue weighted by atomic mass is 16.3. The Morgan fingerprint density at radius 1 is 1.45 bits per heavy atom. The predicted molar refractivity (Wildman–Crippen MR) is 41.1 cm³/mol. The SMILES string of the molecule is OC1CCC(n2cccn2)C1. The summed E-state index contributed by atoms with van der Waals surface area (Å²) in [6, 6.07) is 2.35. The predicted octanol–water partition coefficient (Wildman–Crippen LogP) is 0.969. The Kier molecular flexibility index (Phi) is 1.66. The van der Waals surface area contributed by atoms with Gasteiger partial charge in [0.25, 0.3) is 0 Å². The fraction of sp³-hybridized carbons (Fsp3) is 0.625. The lowest BCUT2D eigenvalue weighted by molar-refractivity contribution is 0.177. The van der Waals surface area contributed by atoms with Gasteiger partial charge in [0.15, 0.2) is 0 Å². The van der Waals surface area contributed by atoms with Gasteiger partial charge in [-0.1, -0.05) is 0 Å². The molecule has 0 saturated heterocycles. The van der Waals surface area contributed by atoms with Crippen LogP contribution in [0.15, 0.2) is 18.5 Å². The summed E-state index contributed by atoms with van der Waals surface area (Å²) in [6.45, 7) is 0. The second-order valence-corrected chi connectivity index (χ2v) is 3.11. The Balaban J connectivity index is 2.08. The summed E-state index contributed by atoms with van der Waals surface area (Å²) in [5.41, 5.74) is 0. The maximum atomic E-state index is 9.26. The van der Waals surface area contributed by atoms with Crippen LogP contribution in [-0.4, -0.2) is 21.0 Å². The van der Waals surface area contributed by atoms with Crippen molar-refractivity contribution in [1.29, 1.82) is 0 Å². The molecule has 1 aliphatic rings. The molecule has 3 nitrogen and oxygen atoms in total. The van der Waals surface area contributed by atoms with Crippen LogP contribution in [0.3, 0.4) is 0 Å². The first-order valence-corrected chi connectivity index (χ1v) is 4.03. The van der Waals surface area contributed by atoms with Crippen LogP contribution < -0.4 is 0 Å². The van der Waals surface area contributed by atoms with Crippen molar-refractivity contribution in [3.05, 3.63) is 18.5 Å². The number of nitrogens with zero attached hydrogens (tertiary/aromatic N) is 2. The third-order valence-electron chi connectivity index (χ3n) is 2.28. The standard InChI is InChI=1S/C8H12N2O/c11-8-3-2-7(6-8)10-5-1-4-9-10/h1,4-5,7-8,11H,2-3,6H2. The normalized spacial score (nSPS) is 31.0. The topological polar surface area (TPSA) is 38.0 Å². The zero-order valence-electron chi connectivity index (χ0n) is 6.35. The first-order chi connectivity index (χ1) is 5.36. The minimum Gasteiger partial charge on any atom is -0.393 e. The van der Waals surface area contributed by atoms with Gasteiger partial charge in [0.2, 0.25) is 0 Å². The minimum atomic E-state index is -0.107. The van der Waals surface area contributed by atoms with E-state index in [1.54, 1.807) is 6.20 Å². The molecule has 1 N–H and O–H groups in total. The van der Waals surface area contributed by atoms with Gasteiger partial charge in [0, 0.05) is 12.4 Å². The van der Waals surface area contributed by atoms with Crippen LogP contribution in [0.4, 0.5) is 0 Å². The molecule has 1 saturated carbocycles. The number of aliphatic hydroxyl groups is 1. The summed E-state index contributed by atoms with van der Waals surface area (Å²) in [5.74, 6) is 0. The van der Waals surface area contributed by atoms with Crippen LogP contribution in [0.2, 0.25) is 0 Å². The van der Waals surface area contributed by atoms with E-state index in [0.717, 1.165) is 19.3 Å². The van der Waals surface area contributed by atoms with Crippen LogP contribution >= 0.6 is 0 Å². The molecule has 0 amide bonds. The molecule has 60 valence electrons. The van der Waals surface area contributed by atoms with E-state index in [1.807, 2.05) is 16.9 Å². The second-order valence-electron chi connectivity index (χ2n) is 3.11. The van der Waals surface area contributed by atoms with Crippen LogP contribution in [0.5, 0.6) is 0 Å². The van der Waals surface area contributed by atoms with Gasteiger partial charge in [-0.25, -0.2) is 0 Å². The third-order valence-corrected chi connectivity index (χ3v) is 2.28. The van der Waals surface area contributed by atoms with E-state index in [2.05, 4.69) is 5.10 Å². The molecule has 0 aliphatic heterocycles. The van der Waals surface area contributed by atoms with Crippen molar-refractivity contribution in [2.75, 3.05) is 0 Å². The van der Waals surface area contributed by atoms with Crippen molar-refractivity contribution in [3.63, 3.8) is 0 Å². The molecule has 2 unspecified atom stereocenters. The highest BCUT2D eigenvalue weighted by Gasteiger charge is 2.23. The van der Waals surface area contributed by atoms with Crippen LogP contribution in [0, 0.1) is 0 Å². The van der Waals surface area contributed by atoms with E-state index in [1.165, 1.54) is 0 Å². The van der Waals surface area contributed by atoms with Gasteiger partial charge in [-0.15, -0.1) is 0 Å². The van der Waals surface area contributed by atoms with Crippen molar-refractivity contribution in [2.24, 2.45) is 0 Å². The second kappa shape index (κ2) is 2.66. The Hall–Kier alpha value is -0.830. The Bertz CT molecular complexity index is 220. The van der Waals surface area contributed by atoms with E-state index >= 15 is 0 Å². The first kappa shape index (κ1) is 6.85. The molecule has 1 aromatic heterocycles. The van der Waals surface area contributed by atoms with E-state index in [4.69, 9.17) is 0 Å². The largest absolute Gasteiger partial charge is 0.393 e. The maximum Gasteiger partial charge on any atom is 0.0561 e. The number of hydrogen-bond donors (Lipinski definition) is 1. The molecule has 1 aliphatic carbocycles. The van der Waals surface area contributed by atoms with Gasteiger partial charge in [-0.2, -0.15) is 5.10 Å².